The van der Waals surface area contributed by atoms with E-state index >= 15 is 0 Å². The fourth-order valence-electron chi connectivity index (χ4n) is 3.28. The molecule has 2 amide bonds. The molecule has 2 N–H and O–H groups in total. The van der Waals surface area contributed by atoms with Gasteiger partial charge in [-0.05, 0) is 62.2 Å². The number of hydrogen-bond acceptors (Lipinski definition) is 4. The van der Waals surface area contributed by atoms with E-state index in [-0.39, 0.29) is 18.4 Å². The molecule has 1 aliphatic heterocycles. The Bertz CT molecular complexity index is 1080. The summed E-state index contributed by atoms with van der Waals surface area (Å²) in [5, 5.41) is 10.0. The van der Waals surface area contributed by atoms with Crippen molar-refractivity contribution in [3.05, 3.63) is 64.8 Å². The van der Waals surface area contributed by atoms with Gasteiger partial charge in [0, 0.05) is 17.3 Å². The number of benzene rings is 2. The molecule has 142 valence electrons. The number of carbonyl (C=O) groups is 2. The van der Waals surface area contributed by atoms with Crippen molar-refractivity contribution in [1.82, 2.24) is 9.78 Å². The first-order valence-corrected chi connectivity index (χ1v) is 8.92. The van der Waals surface area contributed by atoms with Crippen LogP contribution in [0.2, 0.25) is 0 Å². The Morgan fingerprint density at radius 3 is 2.61 bits per heavy atom. The zero-order valence-corrected chi connectivity index (χ0v) is 15.9. The number of aromatic nitrogens is 2. The van der Waals surface area contributed by atoms with Crippen LogP contribution in [0.5, 0.6) is 5.75 Å². The van der Waals surface area contributed by atoms with E-state index in [0.717, 1.165) is 22.5 Å². The van der Waals surface area contributed by atoms with Crippen molar-refractivity contribution in [2.45, 2.75) is 20.8 Å². The third-order valence-corrected chi connectivity index (χ3v) is 4.45. The lowest BCUT2D eigenvalue weighted by atomic mass is 10.1. The molecule has 0 bridgehead atoms. The highest BCUT2D eigenvalue weighted by Gasteiger charge is 2.18. The predicted octanol–water partition coefficient (Wildman–Crippen LogP) is 3.38. The molecule has 2 aromatic carbocycles. The van der Waals surface area contributed by atoms with Gasteiger partial charge in [0.2, 0.25) is 0 Å². The minimum atomic E-state index is -0.312. The second kappa shape index (κ2) is 6.84. The maximum atomic E-state index is 12.6. The van der Waals surface area contributed by atoms with Crippen LogP contribution in [-0.4, -0.2) is 28.2 Å². The third-order valence-electron chi connectivity index (χ3n) is 4.45. The third kappa shape index (κ3) is 3.46. The standard InChI is InChI=1S/C21H20N4O3/c1-12-6-13(2)8-16(7-12)25-14(3)9-19(24-25)23-21(27)15-4-5-18-17(10-15)22-20(26)11-28-18/h4-10H,11H2,1-3H3,(H,22,26)(H,23,24,27). The molecule has 0 aliphatic carbocycles. The van der Waals surface area contributed by atoms with Gasteiger partial charge in [0.15, 0.2) is 12.4 Å². The smallest absolute Gasteiger partial charge is 0.262 e. The summed E-state index contributed by atoms with van der Waals surface area (Å²) in [5.41, 5.74) is 5.04. The molecular formula is C21H20N4O3. The van der Waals surface area contributed by atoms with Gasteiger partial charge >= 0.3 is 0 Å². The second-order valence-corrected chi connectivity index (χ2v) is 6.93. The van der Waals surface area contributed by atoms with E-state index in [0.29, 0.717) is 22.8 Å². The molecule has 0 saturated carbocycles. The molecule has 7 nitrogen and oxygen atoms in total. The van der Waals surface area contributed by atoms with Crippen molar-refractivity contribution in [3.63, 3.8) is 0 Å². The van der Waals surface area contributed by atoms with Gasteiger partial charge in [0.1, 0.15) is 5.75 Å². The molecule has 0 unspecified atom stereocenters. The number of nitrogens with one attached hydrogen (secondary N) is 2. The van der Waals surface area contributed by atoms with Crippen molar-refractivity contribution in [2.24, 2.45) is 0 Å². The zero-order chi connectivity index (χ0) is 19.8. The fraction of sp³-hybridized carbons (Fsp3) is 0.190. The molecule has 7 heteroatoms. The number of fused-ring (bicyclic) bond motifs is 1. The van der Waals surface area contributed by atoms with E-state index in [1.54, 1.807) is 22.9 Å². The molecule has 0 atom stereocenters. The predicted molar refractivity (Wildman–Crippen MR) is 106 cm³/mol. The van der Waals surface area contributed by atoms with E-state index in [4.69, 9.17) is 4.74 Å². The lowest BCUT2D eigenvalue weighted by molar-refractivity contribution is -0.118. The highest BCUT2D eigenvalue weighted by atomic mass is 16.5. The van der Waals surface area contributed by atoms with Crippen molar-refractivity contribution >= 4 is 23.3 Å². The van der Waals surface area contributed by atoms with Gasteiger partial charge in [-0.1, -0.05) is 6.07 Å². The summed E-state index contributed by atoms with van der Waals surface area (Å²) in [7, 11) is 0. The number of anilines is 2. The molecule has 0 saturated heterocycles. The molecule has 0 spiro atoms. The quantitative estimate of drug-likeness (QED) is 0.734. The van der Waals surface area contributed by atoms with Gasteiger partial charge in [0.05, 0.1) is 11.4 Å². The molecule has 1 aromatic heterocycles. The van der Waals surface area contributed by atoms with Gasteiger partial charge in [-0.2, -0.15) is 0 Å². The summed E-state index contributed by atoms with van der Waals surface area (Å²) < 4.78 is 7.12. The molecule has 3 aromatic rings. The second-order valence-electron chi connectivity index (χ2n) is 6.93. The normalized spacial score (nSPS) is 12.8. The van der Waals surface area contributed by atoms with E-state index in [1.807, 2.05) is 39.0 Å². The van der Waals surface area contributed by atoms with Crippen LogP contribution in [0.25, 0.3) is 5.69 Å². The highest BCUT2D eigenvalue weighted by molar-refractivity contribution is 6.05. The Kier molecular flexibility index (Phi) is 4.35. The lowest BCUT2D eigenvalue weighted by Crippen LogP contribution is -2.25. The van der Waals surface area contributed by atoms with Crippen molar-refractivity contribution < 1.29 is 14.3 Å². The van der Waals surface area contributed by atoms with Gasteiger partial charge in [-0.3, -0.25) is 9.59 Å². The van der Waals surface area contributed by atoms with Gasteiger partial charge in [-0.25, -0.2) is 4.68 Å². The van der Waals surface area contributed by atoms with Crippen LogP contribution in [0, 0.1) is 20.8 Å². The number of aryl methyl sites for hydroxylation is 3. The zero-order valence-electron chi connectivity index (χ0n) is 15.9. The first-order valence-electron chi connectivity index (χ1n) is 8.92. The topological polar surface area (TPSA) is 85.3 Å². The van der Waals surface area contributed by atoms with Crippen LogP contribution >= 0.6 is 0 Å². The number of hydrogen-bond donors (Lipinski definition) is 2. The lowest BCUT2D eigenvalue weighted by Gasteiger charge is -2.18. The Morgan fingerprint density at radius 2 is 1.86 bits per heavy atom. The van der Waals surface area contributed by atoms with Crippen LogP contribution in [-0.2, 0) is 4.79 Å². The van der Waals surface area contributed by atoms with E-state index in [9.17, 15) is 9.59 Å². The number of amides is 2. The fourth-order valence-corrected chi connectivity index (χ4v) is 3.28. The maximum absolute atomic E-state index is 12.6. The number of carbonyl (C=O) groups excluding carboxylic acids is 2. The minimum absolute atomic E-state index is 0.0201. The van der Waals surface area contributed by atoms with Gasteiger partial charge < -0.3 is 15.4 Å². The van der Waals surface area contributed by atoms with E-state index in [2.05, 4.69) is 21.8 Å². The Morgan fingerprint density at radius 1 is 1.11 bits per heavy atom. The van der Waals surface area contributed by atoms with Crippen molar-refractivity contribution in [2.75, 3.05) is 17.2 Å². The summed E-state index contributed by atoms with van der Waals surface area (Å²) in [5.74, 6) is 0.450. The van der Waals surface area contributed by atoms with E-state index < -0.39 is 0 Å². The largest absolute Gasteiger partial charge is 0.482 e. The van der Waals surface area contributed by atoms with Crippen molar-refractivity contribution in [3.8, 4) is 11.4 Å². The van der Waals surface area contributed by atoms with Crippen LogP contribution in [0.3, 0.4) is 0 Å². The van der Waals surface area contributed by atoms with Crippen LogP contribution in [0.4, 0.5) is 11.5 Å². The highest BCUT2D eigenvalue weighted by Crippen LogP contribution is 2.28. The summed E-state index contributed by atoms with van der Waals surface area (Å²) in [6.07, 6.45) is 0. The molecule has 0 fully saturated rings. The summed E-state index contributed by atoms with van der Waals surface area (Å²) in [6.45, 7) is 5.99. The Hall–Kier alpha value is -3.61. The average Bonchev–Trinajstić information content (AvgIpc) is 3.00. The Labute approximate surface area is 162 Å². The number of rotatable bonds is 3. The first-order chi connectivity index (χ1) is 13.4. The Balaban J connectivity index is 1.57. The molecule has 28 heavy (non-hydrogen) atoms. The van der Waals surface area contributed by atoms with E-state index in [1.165, 1.54) is 0 Å². The van der Waals surface area contributed by atoms with Gasteiger partial charge in [-0.15, -0.1) is 5.10 Å². The molecule has 1 aliphatic rings. The van der Waals surface area contributed by atoms with Crippen LogP contribution < -0.4 is 15.4 Å². The summed E-state index contributed by atoms with van der Waals surface area (Å²) in [6, 6.07) is 12.9. The maximum Gasteiger partial charge on any atom is 0.262 e. The minimum Gasteiger partial charge on any atom is -0.482 e. The molecule has 4 rings (SSSR count). The molecular weight excluding hydrogens is 356 g/mol. The van der Waals surface area contributed by atoms with Crippen LogP contribution in [0.1, 0.15) is 27.2 Å². The first kappa shape index (κ1) is 17.8. The summed E-state index contributed by atoms with van der Waals surface area (Å²) >= 11 is 0. The van der Waals surface area contributed by atoms with Crippen LogP contribution in [0.15, 0.2) is 42.5 Å². The van der Waals surface area contributed by atoms with Crippen molar-refractivity contribution in [1.29, 1.82) is 0 Å². The number of ether oxygens (including phenoxy) is 1. The SMILES string of the molecule is Cc1cc(C)cc(-n2nc(NC(=O)c3ccc4c(c3)NC(=O)CO4)cc2C)c1. The molecule has 2 heterocycles. The summed E-state index contributed by atoms with van der Waals surface area (Å²) in [4.78, 5) is 24.1. The monoisotopic (exact) mass is 376 g/mol. The number of nitrogens with zero attached hydrogens (tertiary/aromatic N) is 2. The van der Waals surface area contributed by atoms with Gasteiger partial charge in [0.25, 0.3) is 11.8 Å². The molecule has 0 radical (unpaired) electrons. The average molecular weight is 376 g/mol.